The SMILES string of the molecule is CCCNC(c1cc(C)c(C)cc1C)c1scc(C)c1Cl. The first kappa shape index (κ1) is 16.5. The summed E-state index contributed by atoms with van der Waals surface area (Å²) in [5.74, 6) is 0. The maximum absolute atomic E-state index is 6.53. The molecule has 114 valence electrons. The minimum Gasteiger partial charge on any atom is -0.306 e. The van der Waals surface area contributed by atoms with Crippen LogP contribution in [0.15, 0.2) is 17.5 Å². The van der Waals surface area contributed by atoms with E-state index in [0.29, 0.717) is 0 Å². The van der Waals surface area contributed by atoms with Crippen LogP contribution in [0.2, 0.25) is 5.02 Å². The maximum Gasteiger partial charge on any atom is 0.0688 e. The van der Waals surface area contributed by atoms with Crippen LogP contribution < -0.4 is 5.32 Å². The number of benzene rings is 1. The normalized spacial score (nSPS) is 12.7. The standard InChI is InChI=1S/C18H24ClNS/c1-6-7-20-17(18-16(19)14(5)10-21-18)15-9-12(3)11(2)8-13(15)4/h8-10,17,20H,6-7H2,1-5H3. The van der Waals surface area contributed by atoms with Crippen LogP contribution in [0, 0.1) is 27.7 Å². The van der Waals surface area contributed by atoms with Gasteiger partial charge in [-0.25, -0.2) is 0 Å². The second kappa shape index (κ2) is 6.95. The number of thiophene rings is 1. The lowest BCUT2D eigenvalue weighted by Gasteiger charge is -2.22. The van der Waals surface area contributed by atoms with Gasteiger partial charge in [-0.1, -0.05) is 30.7 Å². The van der Waals surface area contributed by atoms with Gasteiger partial charge in [-0.05, 0) is 73.9 Å². The third-order valence-electron chi connectivity index (χ3n) is 3.98. The van der Waals surface area contributed by atoms with Crippen LogP contribution in [0.4, 0.5) is 0 Å². The average Bonchev–Trinajstić information content (AvgIpc) is 2.77. The molecule has 2 aromatic rings. The van der Waals surface area contributed by atoms with Gasteiger partial charge in [0, 0.05) is 4.88 Å². The summed E-state index contributed by atoms with van der Waals surface area (Å²) in [7, 11) is 0. The Hall–Kier alpha value is -0.830. The number of hydrogen-bond donors (Lipinski definition) is 1. The zero-order chi connectivity index (χ0) is 15.6. The first-order chi connectivity index (χ1) is 9.95. The molecule has 1 heterocycles. The number of halogens is 1. The minimum absolute atomic E-state index is 0.190. The van der Waals surface area contributed by atoms with Gasteiger partial charge in [0.1, 0.15) is 0 Å². The lowest BCUT2D eigenvalue weighted by molar-refractivity contribution is 0.603. The quantitative estimate of drug-likeness (QED) is 0.742. The van der Waals surface area contributed by atoms with E-state index in [9.17, 15) is 0 Å². The van der Waals surface area contributed by atoms with Crippen LogP contribution in [-0.2, 0) is 0 Å². The lowest BCUT2D eigenvalue weighted by Crippen LogP contribution is -2.23. The molecule has 3 heteroatoms. The van der Waals surface area contributed by atoms with Gasteiger partial charge in [-0.15, -0.1) is 11.3 Å². The van der Waals surface area contributed by atoms with E-state index in [-0.39, 0.29) is 6.04 Å². The predicted molar refractivity (Wildman–Crippen MR) is 94.9 cm³/mol. The molecule has 0 aliphatic rings. The zero-order valence-electron chi connectivity index (χ0n) is 13.5. The van der Waals surface area contributed by atoms with Crippen molar-refractivity contribution in [2.24, 2.45) is 0 Å². The third-order valence-corrected chi connectivity index (χ3v) is 5.76. The Morgan fingerprint density at radius 3 is 2.29 bits per heavy atom. The maximum atomic E-state index is 6.53. The van der Waals surface area contributed by atoms with Gasteiger partial charge in [0.25, 0.3) is 0 Å². The Morgan fingerprint density at radius 2 is 1.71 bits per heavy atom. The number of hydrogen-bond acceptors (Lipinski definition) is 2. The fourth-order valence-electron chi connectivity index (χ4n) is 2.57. The summed E-state index contributed by atoms with van der Waals surface area (Å²) in [6.45, 7) is 11.8. The van der Waals surface area contributed by atoms with E-state index in [0.717, 1.165) is 18.0 Å². The number of rotatable bonds is 5. The van der Waals surface area contributed by atoms with Crippen LogP contribution >= 0.6 is 22.9 Å². The molecule has 1 aromatic heterocycles. The van der Waals surface area contributed by atoms with Gasteiger partial charge in [0.2, 0.25) is 0 Å². The van der Waals surface area contributed by atoms with Gasteiger partial charge < -0.3 is 5.32 Å². The summed E-state index contributed by atoms with van der Waals surface area (Å²) < 4.78 is 0. The Labute approximate surface area is 137 Å². The van der Waals surface area contributed by atoms with Crippen molar-refractivity contribution in [3.63, 3.8) is 0 Å². The number of aryl methyl sites for hydroxylation is 4. The topological polar surface area (TPSA) is 12.0 Å². The summed E-state index contributed by atoms with van der Waals surface area (Å²) in [5.41, 5.74) is 6.52. The molecule has 0 bridgehead atoms. The van der Waals surface area contributed by atoms with Gasteiger partial charge in [-0.3, -0.25) is 0 Å². The van der Waals surface area contributed by atoms with Crippen molar-refractivity contribution in [1.29, 1.82) is 0 Å². The van der Waals surface area contributed by atoms with E-state index in [1.807, 2.05) is 0 Å². The average molecular weight is 322 g/mol. The minimum atomic E-state index is 0.190. The summed E-state index contributed by atoms with van der Waals surface area (Å²) in [6.07, 6.45) is 1.11. The van der Waals surface area contributed by atoms with Crippen molar-refractivity contribution in [2.75, 3.05) is 6.54 Å². The highest BCUT2D eigenvalue weighted by Gasteiger charge is 2.21. The molecule has 1 nitrogen and oxygen atoms in total. The van der Waals surface area contributed by atoms with E-state index < -0.39 is 0 Å². The van der Waals surface area contributed by atoms with E-state index in [1.165, 1.54) is 32.7 Å². The van der Waals surface area contributed by atoms with E-state index in [1.54, 1.807) is 11.3 Å². The molecule has 21 heavy (non-hydrogen) atoms. The summed E-state index contributed by atoms with van der Waals surface area (Å²) in [4.78, 5) is 1.23. The molecule has 2 rings (SSSR count). The molecule has 1 N–H and O–H groups in total. The fraction of sp³-hybridized carbons (Fsp3) is 0.444. The highest BCUT2D eigenvalue weighted by atomic mass is 35.5. The zero-order valence-corrected chi connectivity index (χ0v) is 15.1. The molecular weight excluding hydrogens is 298 g/mol. The highest BCUT2D eigenvalue weighted by Crippen LogP contribution is 2.37. The van der Waals surface area contributed by atoms with Crippen LogP contribution in [0.25, 0.3) is 0 Å². The molecule has 0 amide bonds. The Balaban J connectivity index is 2.50. The largest absolute Gasteiger partial charge is 0.306 e. The lowest BCUT2D eigenvalue weighted by atomic mass is 9.94. The highest BCUT2D eigenvalue weighted by molar-refractivity contribution is 7.10. The van der Waals surface area contributed by atoms with Crippen molar-refractivity contribution < 1.29 is 0 Å². The Kier molecular flexibility index (Phi) is 5.48. The van der Waals surface area contributed by atoms with Crippen LogP contribution in [0.1, 0.15) is 52.1 Å². The molecule has 0 fully saturated rings. The molecule has 1 aromatic carbocycles. The second-order valence-corrected chi connectivity index (χ2v) is 7.07. The summed E-state index contributed by atoms with van der Waals surface area (Å²) in [6, 6.07) is 4.78. The summed E-state index contributed by atoms with van der Waals surface area (Å²) in [5, 5.41) is 6.73. The number of nitrogens with one attached hydrogen (secondary N) is 1. The smallest absolute Gasteiger partial charge is 0.0688 e. The molecule has 0 radical (unpaired) electrons. The van der Waals surface area contributed by atoms with Crippen molar-refractivity contribution in [3.8, 4) is 0 Å². The molecule has 0 spiro atoms. The van der Waals surface area contributed by atoms with Gasteiger partial charge >= 0.3 is 0 Å². The molecular formula is C18H24ClNS. The third kappa shape index (κ3) is 3.50. The van der Waals surface area contributed by atoms with E-state index in [2.05, 4.69) is 57.4 Å². The van der Waals surface area contributed by atoms with E-state index >= 15 is 0 Å². The van der Waals surface area contributed by atoms with E-state index in [4.69, 9.17) is 11.6 Å². The first-order valence-corrected chi connectivity index (χ1v) is 8.76. The summed E-state index contributed by atoms with van der Waals surface area (Å²) >= 11 is 8.28. The first-order valence-electron chi connectivity index (χ1n) is 7.50. The molecule has 1 atom stereocenters. The second-order valence-electron chi connectivity index (χ2n) is 5.78. The predicted octanol–water partition coefficient (Wildman–Crippen LogP) is 5.72. The van der Waals surface area contributed by atoms with Crippen LogP contribution in [0.5, 0.6) is 0 Å². The van der Waals surface area contributed by atoms with Crippen molar-refractivity contribution in [2.45, 2.75) is 47.1 Å². The van der Waals surface area contributed by atoms with Gasteiger partial charge in [0.15, 0.2) is 0 Å². The van der Waals surface area contributed by atoms with Crippen molar-refractivity contribution in [3.05, 3.63) is 55.2 Å². The van der Waals surface area contributed by atoms with Gasteiger partial charge in [0.05, 0.1) is 11.1 Å². The fourth-order valence-corrected chi connectivity index (χ4v) is 3.97. The molecule has 0 saturated carbocycles. The molecule has 1 unspecified atom stereocenters. The Morgan fingerprint density at radius 1 is 1.05 bits per heavy atom. The monoisotopic (exact) mass is 321 g/mol. The molecule has 0 saturated heterocycles. The van der Waals surface area contributed by atoms with Crippen LogP contribution in [0.3, 0.4) is 0 Å². The Bertz CT molecular complexity index is 630. The van der Waals surface area contributed by atoms with Gasteiger partial charge in [-0.2, -0.15) is 0 Å². The van der Waals surface area contributed by atoms with Crippen molar-refractivity contribution in [1.82, 2.24) is 5.32 Å². The molecule has 0 aliphatic carbocycles. The van der Waals surface area contributed by atoms with Crippen molar-refractivity contribution >= 4 is 22.9 Å². The van der Waals surface area contributed by atoms with Crippen LogP contribution in [-0.4, -0.2) is 6.54 Å². The molecule has 0 aliphatic heterocycles.